The zero-order chi connectivity index (χ0) is 70.4. The molecule has 0 unspecified atom stereocenters. The minimum atomic E-state index is -0.156. The van der Waals surface area contributed by atoms with Crippen molar-refractivity contribution in [2.24, 2.45) is 0 Å². The van der Waals surface area contributed by atoms with E-state index >= 15 is 0 Å². The number of nitriles is 1. The van der Waals surface area contributed by atoms with E-state index in [-0.39, 0.29) is 43.3 Å². The average molecular weight is 1290 g/mol. The first-order valence-electron chi connectivity index (χ1n) is 35.6. The Morgan fingerprint density at radius 3 is 0.582 bits per heavy atom. The molecule has 5 heterocycles. The van der Waals surface area contributed by atoms with E-state index in [9.17, 15) is 5.26 Å². The third-order valence-electron chi connectivity index (χ3n) is 21.4. The summed E-state index contributed by atoms with van der Waals surface area (Å²) in [6.45, 7) is 55.6. The fraction of sp³-hybridized carbons (Fsp3) is 0.348. The average Bonchev–Trinajstić information content (AvgIpc) is 1.46. The molecular formula is C92H100N6. The standard InChI is InChI=1S/C92H100N6/c1-85(2,3)55-25-33-72-63(45-55)64-46-56(86(4,5)6)26-34-73(64)95(72)81-71(53-93)82(96-74-35-27-57(87(7,8)9)47-65(74)66-48-58(88(10,11)12)28-36-75(66)96)84(98-78-39-31-61(91(19,20)21)51-69(78)70-52-62(92(22,23)24)32-40-79(70)98)80(54-41-43-94-44-42-54)83(81)97-76-37-29-59(89(13,14)15)49-67(76)68-50-60(90(16,17)18)30-38-77(68)97/h25-52H,1-24H3. The monoisotopic (exact) mass is 1290 g/mol. The highest BCUT2D eigenvalue weighted by Crippen LogP contribution is 2.54. The van der Waals surface area contributed by atoms with E-state index < -0.39 is 0 Å². The molecule has 0 aliphatic rings. The lowest BCUT2D eigenvalue weighted by atomic mass is 9.85. The zero-order valence-electron chi connectivity index (χ0n) is 62.8. The number of hydrogen-bond acceptors (Lipinski definition) is 2. The normalized spacial score (nSPS) is 13.5. The lowest BCUT2D eigenvalue weighted by Crippen LogP contribution is -2.17. The second-order valence-corrected chi connectivity index (χ2v) is 36.7. The third kappa shape index (κ3) is 10.7. The van der Waals surface area contributed by atoms with Crippen molar-refractivity contribution in [2.75, 3.05) is 0 Å². The van der Waals surface area contributed by atoms with E-state index in [1.54, 1.807) is 0 Å². The highest BCUT2D eigenvalue weighted by molar-refractivity contribution is 6.18. The first-order chi connectivity index (χ1) is 45.6. The molecule has 14 rings (SSSR count). The minimum Gasteiger partial charge on any atom is -0.306 e. The van der Waals surface area contributed by atoms with Gasteiger partial charge >= 0.3 is 0 Å². The SMILES string of the molecule is CC(C)(C)c1ccc2c(c1)c1cc(C(C)(C)C)ccc1n2-c1c(C#N)c(-n2c3ccc(C(C)(C)C)cc3c3cc(C(C)(C)C)ccc32)c(-n2c3ccc(C(C)(C)C)cc3c3cc(C(C)(C)C)ccc32)c(-c2ccncc2)c1-n1c2ccc(C(C)(C)C)cc2c2cc(C(C)(C)C)ccc21. The highest BCUT2D eigenvalue weighted by Gasteiger charge is 2.37. The Balaban J connectivity index is 1.36. The highest BCUT2D eigenvalue weighted by atomic mass is 15.1. The van der Waals surface area contributed by atoms with Crippen LogP contribution in [0.1, 0.15) is 216 Å². The molecule has 0 bridgehead atoms. The van der Waals surface area contributed by atoms with Crippen molar-refractivity contribution in [2.45, 2.75) is 209 Å². The van der Waals surface area contributed by atoms with Gasteiger partial charge in [0.2, 0.25) is 0 Å². The Bertz CT molecular complexity index is 5070. The first kappa shape index (κ1) is 66.1. The number of rotatable bonds is 5. The van der Waals surface area contributed by atoms with Crippen LogP contribution in [0.4, 0.5) is 0 Å². The minimum absolute atomic E-state index is 0.152. The quantitative estimate of drug-likeness (QED) is 0.172. The third-order valence-corrected chi connectivity index (χ3v) is 21.4. The molecule has 6 heteroatoms. The van der Waals surface area contributed by atoms with Gasteiger partial charge in [-0.05, 0) is 203 Å². The molecule has 0 aliphatic carbocycles. The number of aromatic nitrogens is 5. The molecule has 0 spiro atoms. The van der Waals surface area contributed by atoms with Crippen LogP contribution < -0.4 is 0 Å². The molecule has 6 nitrogen and oxygen atoms in total. The molecule has 98 heavy (non-hydrogen) atoms. The molecule has 498 valence electrons. The molecule has 0 N–H and O–H groups in total. The Hall–Kier alpha value is -9.18. The molecule has 0 fully saturated rings. The van der Waals surface area contributed by atoms with Crippen LogP contribution in [0.5, 0.6) is 0 Å². The fourth-order valence-electron chi connectivity index (χ4n) is 15.3. The summed E-state index contributed by atoms with van der Waals surface area (Å²) in [6.07, 6.45) is 3.92. The Morgan fingerprint density at radius 1 is 0.245 bits per heavy atom. The molecule has 9 aromatic carbocycles. The zero-order valence-corrected chi connectivity index (χ0v) is 62.8. The Morgan fingerprint density at radius 2 is 0.418 bits per heavy atom. The van der Waals surface area contributed by atoms with E-state index in [0.717, 1.165) is 121 Å². The summed E-state index contributed by atoms with van der Waals surface area (Å²) in [5.74, 6) is 0. The predicted molar refractivity (Wildman–Crippen MR) is 421 cm³/mol. The molecule has 0 radical (unpaired) electrons. The molecule has 0 saturated heterocycles. The summed E-state index contributed by atoms with van der Waals surface area (Å²) in [4.78, 5) is 4.86. The lowest BCUT2D eigenvalue weighted by molar-refractivity contribution is 0.590. The van der Waals surface area contributed by atoms with Gasteiger partial charge in [0, 0.05) is 61.0 Å². The maximum absolute atomic E-state index is 13.6. The fourth-order valence-corrected chi connectivity index (χ4v) is 15.3. The number of benzene rings is 9. The summed E-state index contributed by atoms with van der Waals surface area (Å²) >= 11 is 0. The summed E-state index contributed by atoms with van der Waals surface area (Å²) in [5.41, 5.74) is 22.9. The smallest absolute Gasteiger partial charge is 0.104 e. The van der Waals surface area contributed by atoms with Gasteiger partial charge in [0.15, 0.2) is 0 Å². The molecule has 0 atom stereocenters. The van der Waals surface area contributed by atoms with Gasteiger partial charge in [-0.1, -0.05) is 215 Å². The van der Waals surface area contributed by atoms with E-state index in [2.05, 4.69) is 348 Å². The van der Waals surface area contributed by atoms with Crippen LogP contribution in [0.25, 0.3) is 121 Å². The van der Waals surface area contributed by atoms with Gasteiger partial charge < -0.3 is 18.3 Å². The van der Waals surface area contributed by atoms with Crippen molar-refractivity contribution in [3.8, 4) is 39.9 Å². The number of nitrogens with zero attached hydrogens (tertiary/aromatic N) is 6. The molecule has 0 amide bonds. The molecular weight excluding hydrogens is 1190 g/mol. The van der Waals surface area contributed by atoms with Crippen molar-refractivity contribution in [1.82, 2.24) is 23.3 Å². The van der Waals surface area contributed by atoms with Crippen molar-refractivity contribution in [3.63, 3.8) is 0 Å². The van der Waals surface area contributed by atoms with E-state index in [4.69, 9.17) is 4.98 Å². The topological polar surface area (TPSA) is 56.4 Å². The van der Waals surface area contributed by atoms with Gasteiger partial charge in [0.1, 0.15) is 11.6 Å². The van der Waals surface area contributed by atoms with Gasteiger partial charge in [-0.2, -0.15) is 5.26 Å². The van der Waals surface area contributed by atoms with Gasteiger partial charge in [-0.25, -0.2) is 0 Å². The predicted octanol–water partition coefficient (Wildman–Crippen LogP) is 25.4. The van der Waals surface area contributed by atoms with Crippen LogP contribution in [0, 0.1) is 11.3 Å². The van der Waals surface area contributed by atoms with Crippen LogP contribution >= 0.6 is 0 Å². The van der Waals surface area contributed by atoms with Gasteiger partial charge in [-0.15, -0.1) is 0 Å². The van der Waals surface area contributed by atoms with E-state index in [1.165, 1.54) is 44.5 Å². The van der Waals surface area contributed by atoms with Gasteiger partial charge in [-0.3, -0.25) is 4.98 Å². The van der Waals surface area contributed by atoms with Crippen LogP contribution in [-0.4, -0.2) is 23.3 Å². The maximum atomic E-state index is 13.6. The molecule has 14 aromatic rings. The van der Waals surface area contributed by atoms with E-state index in [1.807, 2.05) is 12.4 Å². The summed E-state index contributed by atoms with van der Waals surface area (Å²) < 4.78 is 10.1. The number of pyridine rings is 1. The van der Waals surface area contributed by atoms with Crippen LogP contribution in [-0.2, 0) is 43.3 Å². The first-order valence-corrected chi connectivity index (χ1v) is 35.6. The summed E-state index contributed by atoms with van der Waals surface area (Å²) in [7, 11) is 0. The molecule has 0 saturated carbocycles. The van der Waals surface area contributed by atoms with Gasteiger partial charge in [0.05, 0.1) is 66.9 Å². The van der Waals surface area contributed by atoms with Crippen molar-refractivity contribution < 1.29 is 0 Å². The second-order valence-electron chi connectivity index (χ2n) is 36.7. The Labute approximate surface area is 582 Å². The van der Waals surface area contributed by atoms with Crippen molar-refractivity contribution in [3.05, 3.63) is 220 Å². The van der Waals surface area contributed by atoms with Crippen LogP contribution in [0.15, 0.2) is 170 Å². The molecule has 0 aliphatic heterocycles. The van der Waals surface area contributed by atoms with E-state index in [0.29, 0.717) is 5.56 Å². The number of hydrogen-bond donors (Lipinski definition) is 0. The van der Waals surface area contributed by atoms with Crippen molar-refractivity contribution >= 4 is 87.2 Å². The summed E-state index contributed by atoms with van der Waals surface area (Å²) in [5, 5.41) is 22.9. The largest absolute Gasteiger partial charge is 0.306 e. The van der Waals surface area contributed by atoms with Crippen LogP contribution in [0.3, 0.4) is 0 Å². The second kappa shape index (κ2) is 21.9. The molecule has 5 aromatic heterocycles. The Kier molecular flexibility index (Phi) is 14.8. The van der Waals surface area contributed by atoms with Crippen LogP contribution in [0.2, 0.25) is 0 Å². The van der Waals surface area contributed by atoms with Gasteiger partial charge in [0.25, 0.3) is 0 Å². The summed E-state index contributed by atoms with van der Waals surface area (Å²) in [6, 6.07) is 64.9. The van der Waals surface area contributed by atoms with Crippen molar-refractivity contribution in [1.29, 1.82) is 5.26 Å². The number of fused-ring (bicyclic) bond motifs is 12. The lowest BCUT2D eigenvalue weighted by Gasteiger charge is -2.30. The maximum Gasteiger partial charge on any atom is 0.104 e.